The molecule has 5 heteroatoms. The Morgan fingerprint density at radius 3 is 2.00 bits per heavy atom. The van der Waals surface area contributed by atoms with E-state index in [4.69, 9.17) is 14.0 Å². The van der Waals surface area contributed by atoms with Crippen LogP contribution >= 0.6 is 0 Å². The normalized spacial score (nSPS) is 12.1. The SMILES string of the molecule is CC(C)O[Si](CCC(=O)O)(OC(C)C)c1ccccc1. The lowest BCUT2D eigenvalue weighted by Crippen LogP contribution is -2.56. The van der Waals surface area contributed by atoms with Gasteiger partial charge in [0.05, 0.1) is 0 Å². The Kier molecular flexibility index (Phi) is 6.39. The van der Waals surface area contributed by atoms with E-state index in [0.29, 0.717) is 6.04 Å². The van der Waals surface area contributed by atoms with E-state index in [1.54, 1.807) is 0 Å². The highest BCUT2D eigenvalue weighted by molar-refractivity contribution is 6.81. The van der Waals surface area contributed by atoms with Crippen LogP contribution in [0.3, 0.4) is 0 Å². The summed E-state index contributed by atoms with van der Waals surface area (Å²) < 4.78 is 12.3. The Labute approximate surface area is 122 Å². The van der Waals surface area contributed by atoms with Crippen molar-refractivity contribution in [2.45, 2.75) is 52.4 Å². The molecule has 1 aromatic carbocycles. The molecule has 0 atom stereocenters. The van der Waals surface area contributed by atoms with Gasteiger partial charge < -0.3 is 14.0 Å². The van der Waals surface area contributed by atoms with E-state index in [1.807, 2.05) is 58.0 Å². The summed E-state index contributed by atoms with van der Waals surface area (Å²) >= 11 is 0. The van der Waals surface area contributed by atoms with Crippen LogP contribution in [0.5, 0.6) is 0 Å². The lowest BCUT2D eigenvalue weighted by molar-refractivity contribution is -0.136. The van der Waals surface area contributed by atoms with Gasteiger partial charge in [-0.05, 0) is 32.9 Å². The molecule has 0 amide bonds. The maximum Gasteiger partial charge on any atom is 0.373 e. The van der Waals surface area contributed by atoms with E-state index in [1.165, 1.54) is 0 Å². The van der Waals surface area contributed by atoms with Gasteiger partial charge >= 0.3 is 14.5 Å². The smallest absolute Gasteiger partial charge is 0.373 e. The highest BCUT2D eigenvalue weighted by Gasteiger charge is 2.42. The van der Waals surface area contributed by atoms with Crippen molar-refractivity contribution in [3.05, 3.63) is 30.3 Å². The maximum absolute atomic E-state index is 11.0. The molecule has 0 aliphatic carbocycles. The fourth-order valence-electron chi connectivity index (χ4n) is 2.15. The first-order valence-electron chi connectivity index (χ1n) is 6.98. The number of carboxylic acids is 1. The lowest BCUT2D eigenvalue weighted by Gasteiger charge is -2.34. The zero-order valence-corrected chi connectivity index (χ0v) is 13.6. The highest BCUT2D eigenvalue weighted by Crippen LogP contribution is 2.20. The first-order chi connectivity index (χ1) is 9.35. The van der Waals surface area contributed by atoms with Crippen LogP contribution in [0.2, 0.25) is 6.04 Å². The van der Waals surface area contributed by atoms with Crippen molar-refractivity contribution in [1.82, 2.24) is 0 Å². The van der Waals surface area contributed by atoms with Crippen molar-refractivity contribution < 1.29 is 18.8 Å². The number of hydrogen-bond acceptors (Lipinski definition) is 3. The van der Waals surface area contributed by atoms with Gasteiger partial charge in [0.2, 0.25) is 0 Å². The fourth-order valence-corrected chi connectivity index (χ4v) is 5.77. The maximum atomic E-state index is 11.0. The minimum atomic E-state index is -2.74. The molecule has 0 unspecified atom stereocenters. The van der Waals surface area contributed by atoms with Gasteiger partial charge in [-0.1, -0.05) is 30.3 Å². The molecule has 1 aromatic rings. The second-order valence-corrected chi connectivity index (χ2v) is 8.40. The van der Waals surface area contributed by atoms with Crippen LogP contribution in [0.4, 0.5) is 0 Å². The summed E-state index contributed by atoms with van der Waals surface area (Å²) in [6.07, 6.45) is 0.0458. The number of carbonyl (C=O) groups is 1. The molecule has 1 N–H and O–H groups in total. The average Bonchev–Trinajstić information content (AvgIpc) is 2.35. The number of benzene rings is 1. The van der Waals surface area contributed by atoms with Crippen molar-refractivity contribution in [3.8, 4) is 0 Å². The van der Waals surface area contributed by atoms with E-state index in [2.05, 4.69) is 0 Å². The van der Waals surface area contributed by atoms with Crippen molar-refractivity contribution in [1.29, 1.82) is 0 Å². The van der Waals surface area contributed by atoms with Crippen molar-refractivity contribution in [2.75, 3.05) is 0 Å². The Hall–Kier alpha value is -1.17. The van der Waals surface area contributed by atoms with Crippen LogP contribution < -0.4 is 5.19 Å². The zero-order chi connectivity index (χ0) is 15.2. The van der Waals surface area contributed by atoms with Crippen molar-refractivity contribution in [2.24, 2.45) is 0 Å². The largest absolute Gasteiger partial charge is 0.481 e. The molecule has 0 aliphatic rings. The van der Waals surface area contributed by atoms with Gasteiger partial charge in [0.15, 0.2) is 0 Å². The van der Waals surface area contributed by atoms with Crippen LogP contribution in [0.25, 0.3) is 0 Å². The molecule has 0 aliphatic heterocycles. The molecule has 1 rings (SSSR count). The summed E-state index contributed by atoms with van der Waals surface area (Å²) in [5.41, 5.74) is 0. The topological polar surface area (TPSA) is 55.8 Å². The average molecular weight is 296 g/mol. The molecule has 0 fully saturated rings. The van der Waals surface area contributed by atoms with Gasteiger partial charge in [0.1, 0.15) is 0 Å². The molecule has 112 valence electrons. The first-order valence-corrected chi connectivity index (χ1v) is 9.01. The molecule has 0 radical (unpaired) electrons. The summed E-state index contributed by atoms with van der Waals surface area (Å²) in [5, 5.41) is 9.99. The highest BCUT2D eigenvalue weighted by atomic mass is 28.4. The predicted molar refractivity (Wildman–Crippen MR) is 81.3 cm³/mol. The summed E-state index contributed by atoms with van der Waals surface area (Å²) in [6, 6.07) is 10.2. The Balaban J connectivity index is 3.13. The number of hydrogen-bond donors (Lipinski definition) is 1. The third-order valence-electron chi connectivity index (χ3n) is 2.73. The van der Waals surface area contributed by atoms with E-state index in [0.717, 1.165) is 5.19 Å². The molecule has 0 spiro atoms. The number of carboxylic acid groups (broad SMARTS) is 1. The first kappa shape index (κ1) is 16.9. The summed E-state index contributed by atoms with van der Waals surface area (Å²) in [6.45, 7) is 7.81. The Morgan fingerprint density at radius 2 is 1.60 bits per heavy atom. The van der Waals surface area contributed by atoms with Gasteiger partial charge in [-0.2, -0.15) is 0 Å². The van der Waals surface area contributed by atoms with Gasteiger partial charge in [0, 0.05) is 24.7 Å². The third-order valence-corrected chi connectivity index (χ3v) is 6.56. The summed E-state index contributed by atoms with van der Waals surface area (Å²) in [7, 11) is -2.74. The molecular formula is C15H24O4Si. The zero-order valence-electron chi connectivity index (χ0n) is 12.6. The van der Waals surface area contributed by atoms with Crippen LogP contribution in [0.1, 0.15) is 34.1 Å². The van der Waals surface area contributed by atoms with Crippen LogP contribution in [-0.4, -0.2) is 31.8 Å². The lowest BCUT2D eigenvalue weighted by atomic mass is 10.4. The molecule has 0 heterocycles. The monoisotopic (exact) mass is 296 g/mol. The van der Waals surface area contributed by atoms with E-state index >= 15 is 0 Å². The van der Waals surface area contributed by atoms with E-state index in [-0.39, 0.29) is 18.6 Å². The fraction of sp³-hybridized carbons (Fsp3) is 0.533. The second-order valence-electron chi connectivity index (χ2n) is 5.35. The molecule has 0 aromatic heterocycles. The summed E-state index contributed by atoms with van der Waals surface area (Å²) in [4.78, 5) is 11.0. The van der Waals surface area contributed by atoms with Crippen molar-refractivity contribution >= 4 is 19.7 Å². The molecule has 4 nitrogen and oxygen atoms in total. The van der Waals surface area contributed by atoms with Gasteiger partial charge in [0.25, 0.3) is 0 Å². The minimum Gasteiger partial charge on any atom is -0.481 e. The summed E-state index contributed by atoms with van der Waals surface area (Å²) in [5.74, 6) is -0.822. The second kappa shape index (κ2) is 7.57. The van der Waals surface area contributed by atoms with Crippen LogP contribution in [-0.2, 0) is 13.6 Å². The minimum absolute atomic E-state index is 0.00517. The van der Waals surface area contributed by atoms with E-state index in [9.17, 15) is 4.79 Å². The van der Waals surface area contributed by atoms with Crippen molar-refractivity contribution in [3.63, 3.8) is 0 Å². The number of rotatable bonds is 8. The van der Waals surface area contributed by atoms with Crippen LogP contribution in [0.15, 0.2) is 30.3 Å². The third kappa shape index (κ3) is 5.07. The Morgan fingerprint density at radius 1 is 1.10 bits per heavy atom. The molecule has 0 saturated heterocycles. The Bertz CT molecular complexity index is 407. The van der Waals surface area contributed by atoms with Crippen LogP contribution in [0, 0.1) is 0 Å². The number of aliphatic carboxylic acids is 1. The molecule has 0 bridgehead atoms. The molecule has 20 heavy (non-hydrogen) atoms. The quantitative estimate of drug-likeness (QED) is 0.749. The molecule has 0 saturated carbocycles. The van der Waals surface area contributed by atoms with Gasteiger partial charge in [-0.3, -0.25) is 4.79 Å². The molecular weight excluding hydrogens is 272 g/mol. The standard InChI is InChI=1S/C15H24O4Si/c1-12(2)18-20(19-13(3)4,11-10-15(16)17)14-8-6-5-7-9-14/h5-9,12-13H,10-11H2,1-4H3,(H,16,17). The van der Waals surface area contributed by atoms with Gasteiger partial charge in [-0.25, -0.2) is 0 Å². The van der Waals surface area contributed by atoms with E-state index < -0.39 is 14.5 Å². The van der Waals surface area contributed by atoms with Gasteiger partial charge in [-0.15, -0.1) is 0 Å². The predicted octanol–water partition coefficient (Wildman–Crippen LogP) is 2.66.